The minimum Gasteiger partial charge on any atom is -0.497 e. The Morgan fingerprint density at radius 3 is 2.41 bits per heavy atom. The van der Waals surface area contributed by atoms with Gasteiger partial charge in [0.05, 0.1) is 12.8 Å². The maximum Gasteiger partial charge on any atom is 0.323 e. The predicted octanol–water partition coefficient (Wildman–Crippen LogP) is 7.77. The second kappa shape index (κ2) is 13.5. The van der Waals surface area contributed by atoms with Crippen molar-refractivity contribution in [2.45, 2.75) is 65.8 Å². The van der Waals surface area contributed by atoms with E-state index in [0.717, 1.165) is 34.9 Å². The van der Waals surface area contributed by atoms with Crippen molar-refractivity contribution in [1.82, 2.24) is 9.55 Å². The third-order valence-electron chi connectivity index (χ3n) is 7.10. The summed E-state index contributed by atoms with van der Waals surface area (Å²) in [6.45, 7) is 10.8. The number of carbonyl (C=O) groups is 1. The second-order valence-corrected chi connectivity index (χ2v) is 10.6. The zero-order chi connectivity index (χ0) is 29.0. The van der Waals surface area contributed by atoms with Crippen LogP contribution in [0.2, 0.25) is 0 Å². The van der Waals surface area contributed by atoms with Crippen molar-refractivity contribution in [1.29, 1.82) is 0 Å². The van der Waals surface area contributed by atoms with Crippen LogP contribution in [-0.4, -0.2) is 22.7 Å². The van der Waals surface area contributed by atoms with E-state index >= 15 is 0 Å². The van der Waals surface area contributed by atoms with Crippen LogP contribution in [0.25, 0.3) is 22.2 Å². The minimum absolute atomic E-state index is 0. The van der Waals surface area contributed by atoms with E-state index in [1.807, 2.05) is 62.4 Å². The van der Waals surface area contributed by atoms with E-state index in [2.05, 4.69) is 36.4 Å². The van der Waals surface area contributed by atoms with Crippen molar-refractivity contribution >= 4 is 46.5 Å². The smallest absolute Gasteiger partial charge is 0.323 e. The third kappa shape index (κ3) is 6.49. The number of halogens is 1. The number of carbonyl (C=O) groups excluding carboxylic acids is 1. The second-order valence-electron chi connectivity index (χ2n) is 10.6. The highest BCUT2D eigenvalue weighted by Gasteiger charge is 2.23. The van der Waals surface area contributed by atoms with Crippen LogP contribution in [0.1, 0.15) is 70.4 Å². The number of amides is 2. The molecule has 0 radical (unpaired) electrons. The highest BCUT2D eigenvalue weighted by atomic mass is 35.5. The molecule has 2 aromatic carbocycles. The van der Waals surface area contributed by atoms with E-state index in [-0.39, 0.29) is 35.5 Å². The van der Waals surface area contributed by atoms with Gasteiger partial charge in [0.25, 0.3) is 5.56 Å². The summed E-state index contributed by atoms with van der Waals surface area (Å²) in [4.78, 5) is 32.3. The number of hydrogen-bond donors (Lipinski definition) is 3. The average Bonchev–Trinajstić information content (AvgIpc) is 2.93. The summed E-state index contributed by atoms with van der Waals surface area (Å²) in [5, 5.41) is 6.74. The largest absolute Gasteiger partial charge is 0.497 e. The van der Waals surface area contributed by atoms with Crippen molar-refractivity contribution in [2.24, 2.45) is 0 Å². The van der Waals surface area contributed by atoms with Gasteiger partial charge in [-0.05, 0) is 59.7 Å². The van der Waals surface area contributed by atoms with Gasteiger partial charge in [0.2, 0.25) is 0 Å². The van der Waals surface area contributed by atoms with Crippen LogP contribution >= 0.6 is 12.4 Å². The first kappa shape index (κ1) is 31.5. The minimum atomic E-state index is -0.513. The monoisotopic (exact) mass is 577 g/mol. The molecule has 2 heterocycles. The zero-order valence-corrected chi connectivity index (χ0v) is 25.4. The molecule has 2 amide bonds. The van der Waals surface area contributed by atoms with Crippen LogP contribution in [0.5, 0.6) is 5.75 Å². The van der Waals surface area contributed by atoms with Gasteiger partial charge in [-0.2, -0.15) is 0 Å². The molecule has 0 unspecified atom stereocenters. The maximum absolute atomic E-state index is 14.1. The first-order chi connectivity index (χ1) is 19.2. The van der Waals surface area contributed by atoms with Crippen molar-refractivity contribution in [2.75, 3.05) is 23.5 Å². The Balaban J connectivity index is 0.00000462. The molecule has 4 aromatic rings. The molecule has 9 heteroatoms. The first-order valence-corrected chi connectivity index (χ1v) is 13.8. The molecule has 0 spiro atoms. The van der Waals surface area contributed by atoms with Gasteiger partial charge in [0.15, 0.2) is 0 Å². The molecule has 0 aliphatic heterocycles. The number of fused-ring (bicyclic) bond motifs is 1. The van der Waals surface area contributed by atoms with E-state index in [1.54, 1.807) is 17.9 Å². The number of anilines is 3. The molecular formula is C32H40ClN5O3. The van der Waals surface area contributed by atoms with Gasteiger partial charge in [0, 0.05) is 34.9 Å². The van der Waals surface area contributed by atoms with Crippen LogP contribution in [-0.2, 0) is 6.54 Å². The van der Waals surface area contributed by atoms with Crippen LogP contribution in [0.15, 0.2) is 59.5 Å². The number of unbranched alkanes of at least 4 members (excludes halogenated alkanes) is 1. The number of hydrogen-bond acceptors (Lipinski definition) is 5. The average molecular weight is 578 g/mol. The molecule has 0 atom stereocenters. The van der Waals surface area contributed by atoms with Gasteiger partial charge in [-0.25, -0.2) is 9.78 Å². The first-order valence-electron chi connectivity index (χ1n) is 13.8. The number of rotatable bonds is 9. The lowest BCUT2D eigenvalue weighted by Crippen LogP contribution is -2.30. The molecule has 4 N–H and O–H groups in total. The molecule has 218 valence electrons. The van der Waals surface area contributed by atoms with Crippen LogP contribution in [0.3, 0.4) is 0 Å². The number of aromatic nitrogens is 2. The summed E-state index contributed by atoms with van der Waals surface area (Å²) in [6.07, 6.45) is 3.39. The van der Waals surface area contributed by atoms with Gasteiger partial charge < -0.3 is 21.1 Å². The Morgan fingerprint density at radius 1 is 1.02 bits per heavy atom. The van der Waals surface area contributed by atoms with Gasteiger partial charge >= 0.3 is 6.03 Å². The number of benzene rings is 2. The number of pyridine rings is 2. The molecule has 0 aliphatic rings. The molecule has 0 bridgehead atoms. The summed E-state index contributed by atoms with van der Waals surface area (Å²) >= 11 is 0. The van der Waals surface area contributed by atoms with Crippen molar-refractivity contribution in [3.8, 4) is 16.9 Å². The van der Waals surface area contributed by atoms with Crippen LogP contribution in [0, 0.1) is 0 Å². The fraction of sp³-hybridized carbons (Fsp3) is 0.344. The SMILES string of the molecule is CCCCn1c(=O)c(NC(=O)Nc2c(C(C)C)ccc(N)c2C(C)C)c(-c2cccc(OC)c2)c2cccnc21.Cl. The molecule has 0 fully saturated rings. The van der Waals surface area contributed by atoms with Crippen molar-refractivity contribution < 1.29 is 9.53 Å². The zero-order valence-electron chi connectivity index (χ0n) is 24.6. The quantitative estimate of drug-likeness (QED) is 0.176. The molecule has 41 heavy (non-hydrogen) atoms. The number of urea groups is 1. The van der Waals surface area contributed by atoms with E-state index in [1.165, 1.54) is 0 Å². The van der Waals surface area contributed by atoms with Gasteiger partial charge in [-0.1, -0.05) is 59.2 Å². The number of nitrogens with two attached hydrogens (primary N) is 1. The number of nitrogens with zero attached hydrogens (tertiary/aromatic N) is 2. The third-order valence-corrected chi connectivity index (χ3v) is 7.10. The highest BCUT2D eigenvalue weighted by Crippen LogP contribution is 2.38. The lowest BCUT2D eigenvalue weighted by Gasteiger charge is -2.23. The van der Waals surface area contributed by atoms with E-state index in [0.29, 0.717) is 34.9 Å². The number of nitrogen functional groups attached to an aromatic ring is 1. The number of methoxy groups -OCH3 is 1. The Labute approximate surface area is 247 Å². The van der Waals surface area contributed by atoms with Crippen LogP contribution < -0.4 is 26.7 Å². The Bertz CT molecular complexity index is 1600. The summed E-state index contributed by atoms with van der Waals surface area (Å²) in [6, 6.07) is 14.5. The molecule has 2 aromatic heterocycles. The van der Waals surface area contributed by atoms with Gasteiger partial charge in [-0.15, -0.1) is 12.4 Å². The molecular weight excluding hydrogens is 538 g/mol. The molecule has 0 aliphatic carbocycles. The Kier molecular flexibility index (Phi) is 10.4. The summed E-state index contributed by atoms with van der Waals surface area (Å²) in [5.41, 5.74) is 11.3. The number of ether oxygens (including phenoxy) is 1. The standard InChI is InChI=1S/C32H39N5O3.ClH/c1-7-8-17-37-30-24(13-10-16-34-30)27(21-11-9-12-22(18-21)40-6)29(31(37)38)36-32(39)35-28-23(19(2)3)14-15-25(33)26(28)20(4)5;/h9-16,18-20H,7-8,17,33H2,1-6H3,(H2,35,36,39);1H. The normalized spacial score (nSPS) is 11.0. The highest BCUT2D eigenvalue weighted by molar-refractivity contribution is 6.08. The fourth-order valence-corrected chi connectivity index (χ4v) is 5.15. The summed E-state index contributed by atoms with van der Waals surface area (Å²) < 4.78 is 7.12. The van der Waals surface area contributed by atoms with Crippen LogP contribution in [0.4, 0.5) is 21.9 Å². The number of nitrogens with one attached hydrogen (secondary N) is 2. The van der Waals surface area contributed by atoms with E-state index < -0.39 is 6.03 Å². The Hall–Kier alpha value is -4.04. The summed E-state index contributed by atoms with van der Waals surface area (Å²) in [7, 11) is 1.60. The number of aryl methyl sites for hydroxylation is 1. The van der Waals surface area contributed by atoms with Gasteiger partial charge in [-0.3, -0.25) is 9.36 Å². The topological polar surface area (TPSA) is 111 Å². The van der Waals surface area contributed by atoms with Gasteiger partial charge in [0.1, 0.15) is 17.1 Å². The molecule has 4 rings (SSSR count). The maximum atomic E-state index is 14.1. The lowest BCUT2D eigenvalue weighted by molar-refractivity contribution is 0.262. The Morgan fingerprint density at radius 2 is 1.76 bits per heavy atom. The van der Waals surface area contributed by atoms with E-state index in [4.69, 9.17) is 10.5 Å². The summed E-state index contributed by atoms with van der Waals surface area (Å²) in [5.74, 6) is 0.876. The lowest BCUT2D eigenvalue weighted by atomic mass is 9.91. The predicted molar refractivity (Wildman–Crippen MR) is 172 cm³/mol. The van der Waals surface area contributed by atoms with Crippen molar-refractivity contribution in [3.63, 3.8) is 0 Å². The molecule has 8 nitrogen and oxygen atoms in total. The molecule has 0 saturated heterocycles. The fourth-order valence-electron chi connectivity index (χ4n) is 5.15. The van der Waals surface area contributed by atoms with Crippen molar-refractivity contribution in [3.05, 3.63) is 76.2 Å². The van der Waals surface area contributed by atoms with E-state index in [9.17, 15) is 9.59 Å². The molecule has 0 saturated carbocycles.